The Morgan fingerprint density at radius 1 is 1.17 bits per heavy atom. The van der Waals surface area contributed by atoms with Crippen molar-refractivity contribution in [2.24, 2.45) is 0 Å². The third-order valence-corrected chi connectivity index (χ3v) is 2.14. The molecule has 1 aromatic carbocycles. The zero-order chi connectivity index (χ0) is 8.97. The molecule has 0 aliphatic heterocycles. The van der Waals surface area contributed by atoms with E-state index in [9.17, 15) is 4.79 Å². The number of hydrogen-bond acceptors (Lipinski definition) is 1. The molecule has 0 amide bonds. The Hall–Kier alpha value is -0.410. The summed E-state index contributed by atoms with van der Waals surface area (Å²) in [7, 11) is 0. The van der Waals surface area contributed by atoms with Gasteiger partial charge in [-0.3, -0.25) is 4.79 Å². The third-order valence-electron chi connectivity index (χ3n) is 1.23. The molecule has 0 heterocycles. The molecule has 0 saturated heterocycles. The SMILES string of the molecule is O=[C]/C=C/c1cc(Br)cc(Br)c1. The predicted octanol–water partition coefficient (Wildman–Crippen LogP) is 3.33. The Kier molecular flexibility index (Phi) is 3.69. The van der Waals surface area contributed by atoms with E-state index in [1.54, 1.807) is 12.4 Å². The highest BCUT2D eigenvalue weighted by molar-refractivity contribution is 9.11. The molecule has 1 aromatic rings. The number of benzene rings is 1. The van der Waals surface area contributed by atoms with E-state index < -0.39 is 0 Å². The van der Waals surface area contributed by atoms with E-state index in [1.165, 1.54) is 6.08 Å². The Balaban J connectivity index is 3.00. The standard InChI is InChI=1S/C9H5Br2O/c10-8-4-7(2-1-3-12)5-9(11)6-8/h1-2,4-6H/b2-1+. The number of carbonyl (C=O) groups excluding carboxylic acids is 1. The molecule has 0 atom stereocenters. The number of halogens is 2. The molecule has 0 unspecified atom stereocenters. The van der Waals surface area contributed by atoms with Crippen LogP contribution in [0.4, 0.5) is 0 Å². The maximum Gasteiger partial charge on any atom is 0.225 e. The summed E-state index contributed by atoms with van der Waals surface area (Å²) in [5, 5.41) is 0. The molecular formula is C9H5Br2O. The molecule has 0 spiro atoms. The summed E-state index contributed by atoms with van der Waals surface area (Å²) in [6.07, 6.45) is 4.73. The Bertz CT molecular complexity index is 298. The van der Waals surface area contributed by atoms with Gasteiger partial charge in [-0.15, -0.1) is 0 Å². The summed E-state index contributed by atoms with van der Waals surface area (Å²) in [5.41, 5.74) is 0.958. The first kappa shape index (κ1) is 9.68. The van der Waals surface area contributed by atoms with Gasteiger partial charge in [0.15, 0.2) is 0 Å². The van der Waals surface area contributed by atoms with E-state index in [0.717, 1.165) is 14.5 Å². The summed E-state index contributed by atoms with van der Waals surface area (Å²) in [6.45, 7) is 0. The van der Waals surface area contributed by atoms with Gasteiger partial charge in [-0.25, -0.2) is 0 Å². The second-order valence-electron chi connectivity index (χ2n) is 2.15. The lowest BCUT2D eigenvalue weighted by Crippen LogP contribution is -1.73. The molecule has 0 fully saturated rings. The normalized spacial score (nSPS) is 10.5. The van der Waals surface area contributed by atoms with E-state index in [2.05, 4.69) is 31.9 Å². The lowest BCUT2D eigenvalue weighted by atomic mass is 10.2. The molecule has 1 nitrogen and oxygen atoms in total. The van der Waals surface area contributed by atoms with Crippen LogP contribution in [-0.4, -0.2) is 6.29 Å². The van der Waals surface area contributed by atoms with Crippen LogP contribution in [0.3, 0.4) is 0 Å². The number of hydrogen-bond donors (Lipinski definition) is 0. The highest BCUT2D eigenvalue weighted by atomic mass is 79.9. The van der Waals surface area contributed by atoms with Crippen LogP contribution in [0.1, 0.15) is 5.56 Å². The molecule has 0 bridgehead atoms. The van der Waals surface area contributed by atoms with Gasteiger partial charge in [0.2, 0.25) is 6.29 Å². The van der Waals surface area contributed by atoms with E-state index in [-0.39, 0.29) is 0 Å². The summed E-state index contributed by atoms with van der Waals surface area (Å²) < 4.78 is 1.95. The van der Waals surface area contributed by atoms with Gasteiger partial charge in [0.05, 0.1) is 0 Å². The minimum atomic E-state index is 0.958. The van der Waals surface area contributed by atoms with E-state index in [4.69, 9.17) is 0 Å². The van der Waals surface area contributed by atoms with Gasteiger partial charge >= 0.3 is 0 Å². The van der Waals surface area contributed by atoms with Crippen LogP contribution in [0.2, 0.25) is 0 Å². The topological polar surface area (TPSA) is 17.1 Å². The second-order valence-corrected chi connectivity index (χ2v) is 3.99. The molecule has 0 N–H and O–H groups in total. The third kappa shape index (κ3) is 2.91. The predicted molar refractivity (Wildman–Crippen MR) is 56.6 cm³/mol. The molecule has 1 rings (SSSR count). The first-order valence-corrected chi connectivity index (χ1v) is 4.81. The van der Waals surface area contributed by atoms with Gasteiger partial charge in [-0.05, 0) is 29.8 Å². The van der Waals surface area contributed by atoms with Crippen molar-refractivity contribution in [3.05, 3.63) is 38.8 Å². The molecule has 0 saturated carbocycles. The van der Waals surface area contributed by atoms with Crippen molar-refractivity contribution in [3.8, 4) is 0 Å². The van der Waals surface area contributed by atoms with Crippen LogP contribution in [0.5, 0.6) is 0 Å². The lowest BCUT2D eigenvalue weighted by Gasteiger charge is -1.95. The molecule has 3 heteroatoms. The van der Waals surface area contributed by atoms with Gasteiger partial charge in [-0.2, -0.15) is 0 Å². The summed E-state index contributed by atoms with van der Waals surface area (Å²) >= 11 is 6.68. The van der Waals surface area contributed by atoms with Gasteiger partial charge in [0, 0.05) is 8.95 Å². The van der Waals surface area contributed by atoms with Crippen LogP contribution < -0.4 is 0 Å². The van der Waals surface area contributed by atoms with Crippen molar-refractivity contribution < 1.29 is 4.79 Å². The minimum Gasteiger partial charge on any atom is -0.286 e. The molecule has 12 heavy (non-hydrogen) atoms. The smallest absolute Gasteiger partial charge is 0.225 e. The molecule has 0 aromatic heterocycles. The second kappa shape index (κ2) is 4.58. The van der Waals surface area contributed by atoms with Crippen LogP contribution in [0.25, 0.3) is 6.08 Å². The average molecular weight is 289 g/mol. The highest BCUT2D eigenvalue weighted by Gasteiger charge is 1.93. The zero-order valence-corrected chi connectivity index (χ0v) is 9.22. The summed E-state index contributed by atoms with van der Waals surface area (Å²) in [6, 6.07) is 5.76. The Morgan fingerprint density at radius 3 is 2.25 bits per heavy atom. The number of allylic oxidation sites excluding steroid dienone is 1. The van der Waals surface area contributed by atoms with Crippen LogP contribution in [-0.2, 0) is 4.79 Å². The first-order valence-electron chi connectivity index (χ1n) is 3.22. The van der Waals surface area contributed by atoms with E-state index in [0.29, 0.717) is 0 Å². The monoisotopic (exact) mass is 287 g/mol. The lowest BCUT2D eigenvalue weighted by molar-refractivity contribution is 0.564. The molecule has 61 valence electrons. The molecule has 1 radical (unpaired) electrons. The van der Waals surface area contributed by atoms with Gasteiger partial charge < -0.3 is 0 Å². The maximum atomic E-state index is 9.91. The maximum absolute atomic E-state index is 9.91. The van der Waals surface area contributed by atoms with E-state index >= 15 is 0 Å². The highest BCUT2D eigenvalue weighted by Crippen LogP contribution is 2.20. The van der Waals surface area contributed by atoms with Gasteiger partial charge in [0.25, 0.3) is 0 Å². The van der Waals surface area contributed by atoms with Crippen LogP contribution >= 0.6 is 31.9 Å². The van der Waals surface area contributed by atoms with E-state index in [1.807, 2.05) is 18.2 Å². The van der Waals surface area contributed by atoms with Crippen molar-refractivity contribution in [2.75, 3.05) is 0 Å². The average Bonchev–Trinajstić information content (AvgIpc) is 1.99. The molecule has 0 aliphatic carbocycles. The summed E-state index contributed by atoms with van der Waals surface area (Å²) in [4.78, 5) is 9.91. The summed E-state index contributed by atoms with van der Waals surface area (Å²) in [5.74, 6) is 0. The van der Waals surface area contributed by atoms with Crippen LogP contribution in [0.15, 0.2) is 33.2 Å². The Labute approximate surface area is 87.7 Å². The fourth-order valence-electron chi connectivity index (χ4n) is 0.802. The van der Waals surface area contributed by atoms with Gasteiger partial charge in [0.1, 0.15) is 0 Å². The first-order chi connectivity index (χ1) is 5.72. The fraction of sp³-hybridized carbons (Fsp3) is 0. The Morgan fingerprint density at radius 2 is 1.75 bits per heavy atom. The van der Waals surface area contributed by atoms with Gasteiger partial charge in [-0.1, -0.05) is 37.9 Å². The largest absolute Gasteiger partial charge is 0.286 e. The van der Waals surface area contributed by atoms with Crippen molar-refractivity contribution in [1.82, 2.24) is 0 Å². The van der Waals surface area contributed by atoms with Crippen LogP contribution in [0, 0.1) is 0 Å². The molecular weight excluding hydrogens is 284 g/mol. The number of rotatable bonds is 2. The van der Waals surface area contributed by atoms with Crippen molar-refractivity contribution in [2.45, 2.75) is 0 Å². The quantitative estimate of drug-likeness (QED) is 0.763. The van der Waals surface area contributed by atoms with Crippen molar-refractivity contribution >= 4 is 44.2 Å². The fourth-order valence-corrected chi connectivity index (χ4v) is 2.13. The zero-order valence-electron chi connectivity index (χ0n) is 6.05. The molecule has 0 aliphatic rings. The van der Waals surface area contributed by atoms with Crippen molar-refractivity contribution in [3.63, 3.8) is 0 Å². The minimum absolute atomic E-state index is 0.958. The van der Waals surface area contributed by atoms with Crippen molar-refractivity contribution in [1.29, 1.82) is 0 Å².